The van der Waals surface area contributed by atoms with E-state index in [9.17, 15) is 0 Å². The smallest absolute Gasteiger partial charge is 0.146 e. The fourth-order valence-electron chi connectivity index (χ4n) is 2.18. The lowest BCUT2D eigenvalue weighted by Crippen LogP contribution is -2.29. The van der Waals surface area contributed by atoms with Crippen LogP contribution < -0.4 is 11.3 Å². The van der Waals surface area contributed by atoms with Crippen LogP contribution >= 0.6 is 0 Å². The second-order valence-corrected chi connectivity index (χ2v) is 5.25. The second kappa shape index (κ2) is 9.87. The molecule has 1 aromatic rings. The number of unbranched alkanes of at least 4 members (excludes halogenated alkanes) is 6. The Labute approximate surface area is 117 Å². The van der Waals surface area contributed by atoms with Gasteiger partial charge >= 0.3 is 0 Å². The first-order valence-corrected chi connectivity index (χ1v) is 7.52. The number of hydrazine groups is 1. The molecule has 0 fully saturated rings. The summed E-state index contributed by atoms with van der Waals surface area (Å²) in [6.07, 6.45) is 13.9. The summed E-state index contributed by atoms with van der Waals surface area (Å²) in [6.45, 7) is 4.24. The first-order chi connectivity index (χ1) is 9.27. The predicted molar refractivity (Wildman–Crippen MR) is 79.4 cm³/mol. The van der Waals surface area contributed by atoms with Gasteiger partial charge in [-0.1, -0.05) is 51.9 Å². The Morgan fingerprint density at radius 3 is 2.21 bits per heavy atom. The van der Waals surface area contributed by atoms with Gasteiger partial charge in [-0.25, -0.2) is 15.4 Å². The molecule has 19 heavy (non-hydrogen) atoms. The van der Waals surface area contributed by atoms with Crippen LogP contribution in [0.15, 0.2) is 12.4 Å². The molecule has 4 heteroatoms. The van der Waals surface area contributed by atoms with Crippen LogP contribution in [0, 0.1) is 6.92 Å². The molecule has 1 atom stereocenters. The van der Waals surface area contributed by atoms with Crippen LogP contribution in [0.5, 0.6) is 0 Å². The third-order valence-corrected chi connectivity index (χ3v) is 3.41. The molecule has 0 amide bonds. The lowest BCUT2D eigenvalue weighted by molar-refractivity contribution is 0.457. The third kappa shape index (κ3) is 6.64. The zero-order chi connectivity index (χ0) is 13.9. The van der Waals surface area contributed by atoms with Crippen molar-refractivity contribution in [1.82, 2.24) is 15.4 Å². The molecule has 0 bridgehead atoms. The van der Waals surface area contributed by atoms with Crippen molar-refractivity contribution in [3.05, 3.63) is 23.8 Å². The van der Waals surface area contributed by atoms with E-state index in [2.05, 4.69) is 22.3 Å². The minimum atomic E-state index is 0.0799. The molecule has 1 aromatic heterocycles. The highest BCUT2D eigenvalue weighted by Crippen LogP contribution is 2.16. The summed E-state index contributed by atoms with van der Waals surface area (Å²) in [4.78, 5) is 8.67. The number of nitrogens with one attached hydrogen (secondary N) is 1. The van der Waals surface area contributed by atoms with Gasteiger partial charge in [-0.3, -0.25) is 5.84 Å². The van der Waals surface area contributed by atoms with Crippen molar-refractivity contribution in [1.29, 1.82) is 0 Å². The van der Waals surface area contributed by atoms with Gasteiger partial charge in [-0.15, -0.1) is 0 Å². The van der Waals surface area contributed by atoms with Gasteiger partial charge in [-0.2, -0.15) is 0 Å². The second-order valence-electron chi connectivity index (χ2n) is 5.25. The van der Waals surface area contributed by atoms with Gasteiger partial charge in [-0.05, 0) is 18.9 Å². The lowest BCUT2D eigenvalue weighted by atomic mass is 10.0. The van der Waals surface area contributed by atoms with E-state index in [1.807, 2.05) is 19.3 Å². The van der Waals surface area contributed by atoms with E-state index in [4.69, 9.17) is 5.84 Å². The Hall–Kier alpha value is -1.00. The van der Waals surface area contributed by atoms with Crippen molar-refractivity contribution in [3.8, 4) is 0 Å². The van der Waals surface area contributed by atoms with Crippen molar-refractivity contribution in [3.63, 3.8) is 0 Å². The Kier molecular flexibility index (Phi) is 8.34. The molecule has 0 saturated heterocycles. The van der Waals surface area contributed by atoms with E-state index >= 15 is 0 Å². The van der Waals surface area contributed by atoms with E-state index < -0.39 is 0 Å². The first-order valence-electron chi connectivity index (χ1n) is 7.52. The van der Waals surface area contributed by atoms with Crippen molar-refractivity contribution in [2.75, 3.05) is 0 Å². The van der Waals surface area contributed by atoms with Crippen LogP contribution in [0.1, 0.15) is 75.7 Å². The lowest BCUT2D eigenvalue weighted by Gasteiger charge is -2.14. The molecule has 1 unspecified atom stereocenters. The summed E-state index contributed by atoms with van der Waals surface area (Å²) in [5.74, 6) is 6.40. The van der Waals surface area contributed by atoms with E-state index in [-0.39, 0.29) is 6.04 Å². The molecule has 0 aliphatic heterocycles. The number of aryl methyl sites for hydroxylation is 1. The Bertz CT molecular complexity index is 323. The maximum atomic E-state index is 5.59. The molecule has 0 saturated carbocycles. The Morgan fingerprint density at radius 1 is 1.05 bits per heavy atom. The average Bonchev–Trinajstić information content (AvgIpc) is 2.43. The van der Waals surface area contributed by atoms with E-state index in [0.29, 0.717) is 0 Å². The number of rotatable bonds is 10. The van der Waals surface area contributed by atoms with E-state index in [1.54, 1.807) is 0 Å². The number of hydrogen-bond acceptors (Lipinski definition) is 4. The summed E-state index contributed by atoms with van der Waals surface area (Å²) >= 11 is 0. The molecule has 1 heterocycles. The van der Waals surface area contributed by atoms with Gasteiger partial charge in [0.05, 0.1) is 6.04 Å². The quantitative estimate of drug-likeness (QED) is 0.386. The number of hydrogen-bond donors (Lipinski definition) is 2. The molecule has 108 valence electrons. The minimum Gasteiger partial charge on any atom is -0.271 e. The van der Waals surface area contributed by atoms with E-state index in [0.717, 1.165) is 17.8 Å². The maximum absolute atomic E-state index is 5.59. The van der Waals surface area contributed by atoms with Crippen molar-refractivity contribution in [2.45, 2.75) is 71.3 Å². The molecule has 0 spiro atoms. The fraction of sp³-hybridized carbons (Fsp3) is 0.733. The summed E-state index contributed by atoms with van der Waals surface area (Å²) in [6, 6.07) is 0.0799. The van der Waals surface area contributed by atoms with Gasteiger partial charge in [0, 0.05) is 12.4 Å². The van der Waals surface area contributed by atoms with Crippen molar-refractivity contribution >= 4 is 0 Å². The first kappa shape index (κ1) is 16.1. The highest BCUT2D eigenvalue weighted by atomic mass is 15.2. The number of aromatic nitrogens is 2. The normalized spacial score (nSPS) is 12.6. The van der Waals surface area contributed by atoms with Gasteiger partial charge < -0.3 is 0 Å². The van der Waals surface area contributed by atoms with Gasteiger partial charge in [0.2, 0.25) is 0 Å². The zero-order valence-electron chi connectivity index (χ0n) is 12.4. The fourth-order valence-corrected chi connectivity index (χ4v) is 2.18. The van der Waals surface area contributed by atoms with Crippen LogP contribution in [0.2, 0.25) is 0 Å². The highest BCUT2D eigenvalue weighted by Gasteiger charge is 2.11. The van der Waals surface area contributed by atoms with Crippen LogP contribution in [-0.4, -0.2) is 9.97 Å². The van der Waals surface area contributed by atoms with Gasteiger partial charge in [0.15, 0.2) is 0 Å². The van der Waals surface area contributed by atoms with Crippen LogP contribution in [0.25, 0.3) is 0 Å². The zero-order valence-corrected chi connectivity index (χ0v) is 12.4. The maximum Gasteiger partial charge on any atom is 0.146 e. The summed E-state index contributed by atoms with van der Waals surface area (Å²) in [5, 5.41) is 0. The number of nitrogens with zero attached hydrogens (tertiary/aromatic N) is 2. The topological polar surface area (TPSA) is 63.8 Å². The van der Waals surface area contributed by atoms with Crippen LogP contribution in [0.3, 0.4) is 0 Å². The Balaban J connectivity index is 2.20. The molecule has 4 nitrogen and oxygen atoms in total. The highest BCUT2D eigenvalue weighted by molar-refractivity contribution is 5.04. The van der Waals surface area contributed by atoms with Gasteiger partial charge in [0.1, 0.15) is 5.82 Å². The molecule has 0 aliphatic carbocycles. The largest absolute Gasteiger partial charge is 0.271 e. The predicted octanol–water partition coefficient (Wildman–Crippen LogP) is 3.43. The third-order valence-electron chi connectivity index (χ3n) is 3.41. The molecule has 3 N–H and O–H groups in total. The monoisotopic (exact) mass is 264 g/mol. The van der Waals surface area contributed by atoms with Crippen molar-refractivity contribution < 1.29 is 0 Å². The minimum absolute atomic E-state index is 0.0799. The Morgan fingerprint density at radius 2 is 1.63 bits per heavy atom. The summed E-state index contributed by atoms with van der Waals surface area (Å²) < 4.78 is 0. The average molecular weight is 264 g/mol. The summed E-state index contributed by atoms with van der Waals surface area (Å²) in [5.41, 5.74) is 3.90. The van der Waals surface area contributed by atoms with Crippen LogP contribution in [-0.2, 0) is 0 Å². The molecule has 0 aromatic carbocycles. The van der Waals surface area contributed by atoms with Crippen molar-refractivity contribution in [2.24, 2.45) is 5.84 Å². The molecular formula is C15H28N4. The SMILES string of the molecule is CCCCCCCCCC(NN)c1ncc(C)cn1. The number of nitrogens with two attached hydrogens (primary N) is 1. The molecule has 0 aliphatic rings. The molecule has 0 radical (unpaired) electrons. The van der Waals surface area contributed by atoms with E-state index in [1.165, 1.54) is 44.9 Å². The molecule has 1 rings (SSSR count). The molecular weight excluding hydrogens is 236 g/mol. The standard InChI is InChI=1S/C15H28N4/c1-3-4-5-6-7-8-9-10-14(19-16)15-17-11-13(2)12-18-15/h11-12,14,19H,3-10,16H2,1-2H3. The summed E-state index contributed by atoms with van der Waals surface area (Å²) in [7, 11) is 0. The van der Waals surface area contributed by atoms with Crippen LogP contribution in [0.4, 0.5) is 0 Å². The van der Waals surface area contributed by atoms with Gasteiger partial charge in [0.25, 0.3) is 0 Å².